The summed E-state index contributed by atoms with van der Waals surface area (Å²) in [6, 6.07) is 8.52. The summed E-state index contributed by atoms with van der Waals surface area (Å²) in [5.74, 6) is -2.69. The van der Waals surface area contributed by atoms with E-state index in [1.54, 1.807) is 62.4 Å². The first-order chi connectivity index (χ1) is 18.9. The average molecular weight is 563 g/mol. The molecule has 0 amide bonds. The van der Waals surface area contributed by atoms with Gasteiger partial charge in [0.15, 0.2) is 0 Å². The van der Waals surface area contributed by atoms with E-state index in [1.807, 2.05) is 0 Å². The molecule has 10 nitrogen and oxygen atoms in total. The highest BCUT2D eigenvalue weighted by molar-refractivity contribution is 5.89. The highest BCUT2D eigenvalue weighted by Crippen LogP contribution is 2.45. The van der Waals surface area contributed by atoms with Gasteiger partial charge in [-0.2, -0.15) is 0 Å². The van der Waals surface area contributed by atoms with Crippen LogP contribution >= 0.6 is 0 Å². The number of aliphatic hydroxyl groups is 6. The van der Waals surface area contributed by atoms with E-state index in [4.69, 9.17) is 14.2 Å². The van der Waals surface area contributed by atoms with Gasteiger partial charge in [-0.05, 0) is 37.5 Å². The normalized spacial score (nSPS) is 31.4. The third-order valence-electron chi connectivity index (χ3n) is 7.44. The molecule has 2 fully saturated rings. The fraction of sp³-hybridized carbons (Fsp3) is 0.567. The van der Waals surface area contributed by atoms with Gasteiger partial charge in [-0.25, -0.2) is 4.79 Å². The number of rotatable bonds is 10. The van der Waals surface area contributed by atoms with E-state index in [9.17, 15) is 35.4 Å². The Morgan fingerprint density at radius 3 is 2.42 bits per heavy atom. The van der Waals surface area contributed by atoms with Crippen LogP contribution in [0.3, 0.4) is 0 Å². The minimum atomic E-state index is -2.15. The van der Waals surface area contributed by atoms with Gasteiger partial charge in [-0.3, -0.25) is 0 Å². The first kappa shape index (κ1) is 32.1. The fourth-order valence-corrected chi connectivity index (χ4v) is 4.95. The van der Waals surface area contributed by atoms with Crippen molar-refractivity contribution in [2.75, 3.05) is 13.2 Å². The standard InChI is InChI=1S/C30H42O10/c1-19(33)25(34)18-24-17-22(11-14-32)27(35)30(37,40-24)29(2,3)12-9-23-15-20(10-13-31)16-26(38-23)39-28(36)21-7-5-4-6-8-21/h4-12,19,23-27,31-35,37H,13-18H2,1-3H3/b12-9+,20-10+,22-11+/t19-,23+,24+,25-,26-,27+,30-/m1/s1. The van der Waals surface area contributed by atoms with E-state index in [1.165, 1.54) is 13.0 Å². The molecule has 1 aromatic carbocycles. The van der Waals surface area contributed by atoms with Crippen molar-refractivity contribution in [3.05, 3.63) is 71.3 Å². The summed E-state index contributed by atoms with van der Waals surface area (Å²) in [5, 5.41) is 61.7. The molecule has 2 aliphatic heterocycles. The molecule has 2 heterocycles. The zero-order valence-electron chi connectivity index (χ0n) is 23.2. The Labute approximate surface area is 234 Å². The lowest BCUT2D eigenvalue weighted by Crippen LogP contribution is -2.60. The number of benzene rings is 1. The molecule has 7 atom stereocenters. The van der Waals surface area contributed by atoms with Crippen molar-refractivity contribution < 1.29 is 49.6 Å². The summed E-state index contributed by atoms with van der Waals surface area (Å²) in [5.41, 5.74) is 0.355. The SMILES string of the molecule is C[C@@H](O)[C@H](O)C[C@@H]1C/C(=C\CO)[C@H](O)[C@](O)(C(C)(C)/C=C/[C@H]2C/C(=C\CO)C[C@@H](OC(=O)c3ccccc3)O2)O1. The molecule has 0 saturated carbocycles. The average Bonchev–Trinajstić information content (AvgIpc) is 2.91. The maximum absolute atomic E-state index is 12.6. The second-order valence-electron chi connectivity index (χ2n) is 11.0. The van der Waals surface area contributed by atoms with Crippen molar-refractivity contribution in [3.8, 4) is 0 Å². The summed E-state index contributed by atoms with van der Waals surface area (Å²) in [4.78, 5) is 12.6. The third-order valence-corrected chi connectivity index (χ3v) is 7.44. The number of carbonyl (C=O) groups is 1. The van der Waals surface area contributed by atoms with Crippen molar-refractivity contribution in [2.45, 2.75) is 89.1 Å². The highest BCUT2D eigenvalue weighted by atomic mass is 16.7. The Bertz CT molecular complexity index is 1060. The summed E-state index contributed by atoms with van der Waals surface area (Å²) >= 11 is 0. The van der Waals surface area contributed by atoms with Crippen LogP contribution in [0.1, 0.15) is 56.8 Å². The molecule has 0 aliphatic carbocycles. The summed E-state index contributed by atoms with van der Waals surface area (Å²) in [6.07, 6.45) is 1.41. The quantitative estimate of drug-likeness (QED) is 0.183. The summed E-state index contributed by atoms with van der Waals surface area (Å²) in [7, 11) is 0. The van der Waals surface area contributed by atoms with Crippen molar-refractivity contribution in [2.24, 2.45) is 5.41 Å². The molecule has 40 heavy (non-hydrogen) atoms. The van der Waals surface area contributed by atoms with Crippen LogP contribution in [0.4, 0.5) is 0 Å². The summed E-state index contributed by atoms with van der Waals surface area (Å²) < 4.78 is 17.6. The second-order valence-corrected chi connectivity index (χ2v) is 11.0. The lowest BCUT2D eigenvalue weighted by Gasteiger charge is -2.50. The molecule has 0 unspecified atom stereocenters. The molecule has 6 N–H and O–H groups in total. The Morgan fingerprint density at radius 1 is 1.12 bits per heavy atom. The van der Waals surface area contributed by atoms with Gasteiger partial charge < -0.3 is 44.8 Å². The maximum atomic E-state index is 12.6. The molecular formula is C30H42O10. The van der Waals surface area contributed by atoms with Gasteiger partial charge in [0.2, 0.25) is 12.1 Å². The number of hydrogen-bond donors (Lipinski definition) is 6. The number of esters is 1. The molecule has 2 saturated heterocycles. The van der Waals surface area contributed by atoms with E-state index in [0.717, 1.165) is 5.57 Å². The van der Waals surface area contributed by atoms with E-state index in [0.29, 0.717) is 24.0 Å². The van der Waals surface area contributed by atoms with Crippen molar-refractivity contribution >= 4 is 5.97 Å². The molecule has 10 heteroatoms. The van der Waals surface area contributed by atoms with Crippen LogP contribution in [0, 0.1) is 5.41 Å². The van der Waals surface area contributed by atoms with Crippen molar-refractivity contribution in [1.82, 2.24) is 0 Å². The molecule has 0 spiro atoms. The van der Waals surface area contributed by atoms with Gasteiger partial charge in [0.1, 0.15) is 6.10 Å². The van der Waals surface area contributed by atoms with Gasteiger partial charge in [0.25, 0.3) is 0 Å². The largest absolute Gasteiger partial charge is 0.432 e. The Morgan fingerprint density at radius 2 is 1.80 bits per heavy atom. The van der Waals surface area contributed by atoms with Gasteiger partial charge in [-0.15, -0.1) is 0 Å². The van der Waals surface area contributed by atoms with Crippen LogP contribution in [0.15, 0.2) is 65.8 Å². The van der Waals surface area contributed by atoms with Gasteiger partial charge in [0, 0.05) is 18.3 Å². The molecule has 3 rings (SSSR count). The predicted octanol–water partition coefficient (Wildman–Crippen LogP) is 1.74. The summed E-state index contributed by atoms with van der Waals surface area (Å²) in [6.45, 7) is 4.23. The smallest absolute Gasteiger partial charge is 0.340 e. The van der Waals surface area contributed by atoms with E-state index < -0.39 is 54.0 Å². The minimum absolute atomic E-state index is 0.00473. The molecule has 222 valence electrons. The monoisotopic (exact) mass is 562 g/mol. The maximum Gasteiger partial charge on any atom is 0.340 e. The van der Waals surface area contributed by atoms with Crippen LogP contribution in [-0.4, -0.2) is 92.4 Å². The fourth-order valence-electron chi connectivity index (χ4n) is 4.95. The number of ether oxygens (including phenoxy) is 3. The lowest BCUT2D eigenvalue weighted by atomic mass is 9.74. The van der Waals surface area contributed by atoms with Gasteiger partial charge >= 0.3 is 5.97 Å². The van der Waals surface area contributed by atoms with Crippen molar-refractivity contribution in [1.29, 1.82) is 0 Å². The van der Waals surface area contributed by atoms with Crippen LogP contribution in [-0.2, 0) is 14.2 Å². The number of aliphatic hydroxyl groups excluding tert-OH is 5. The molecule has 0 radical (unpaired) electrons. The first-order valence-corrected chi connectivity index (χ1v) is 13.5. The highest BCUT2D eigenvalue weighted by Gasteiger charge is 2.54. The number of carbonyl (C=O) groups excluding carboxylic acids is 1. The Balaban J connectivity index is 1.81. The molecule has 0 aromatic heterocycles. The Hall–Kier alpha value is -2.41. The van der Waals surface area contributed by atoms with E-state index in [-0.39, 0.29) is 26.1 Å². The molecule has 0 bridgehead atoms. The van der Waals surface area contributed by atoms with Crippen LogP contribution < -0.4 is 0 Å². The topological polar surface area (TPSA) is 166 Å². The zero-order chi connectivity index (χ0) is 29.5. The molecule has 2 aliphatic rings. The van der Waals surface area contributed by atoms with E-state index >= 15 is 0 Å². The minimum Gasteiger partial charge on any atom is -0.432 e. The van der Waals surface area contributed by atoms with Crippen LogP contribution in [0.5, 0.6) is 0 Å². The van der Waals surface area contributed by atoms with Crippen LogP contribution in [0.25, 0.3) is 0 Å². The van der Waals surface area contributed by atoms with Gasteiger partial charge in [-0.1, -0.05) is 61.9 Å². The molecular weight excluding hydrogens is 520 g/mol. The second kappa shape index (κ2) is 14.0. The number of hydrogen-bond acceptors (Lipinski definition) is 10. The van der Waals surface area contributed by atoms with Crippen molar-refractivity contribution in [3.63, 3.8) is 0 Å². The third kappa shape index (κ3) is 7.86. The zero-order valence-corrected chi connectivity index (χ0v) is 23.2. The van der Waals surface area contributed by atoms with Crippen LogP contribution in [0.2, 0.25) is 0 Å². The van der Waals surface area contributed by atoms with E-state index in [2.05, 4.69) is 0 Å². The predicted molar refractivity (Wildman–Crippen MR) is 146 cm³/mol. The lowest BCUT2D eigenvalue weighted by molar-refractivity contribution is -0.325. The van der Waals surface area contributed by atoms with Gasteiger partial charge in [0.05, 0.1) is 43.2 Å². The Kier molecular flexibility index (Phi) is 11.2. The molecule has 1 aromatic rings. The first-order valence-electron chi connectivity index (χ1n) is 13.5.